The first-order chi connectivity index (χ1) is 7.75. The lowest BCUT2D eigenvalue weighted by atomic mass is 10.3. The Balaban J connectivity index is 2.36. The van der Waals surface area contributed by atoms with E-state index >= 15 is 0 Å². The first-order valence-electron chi connectivity index (χ1n) is 4.75. The van der Waals surface area contributed by atoms with Gasteiger partial charge < -0.3 is 11.1 Å². The predicted molar refractivity (Wildman–Crippen MR) is 67.1 cm³/mol. The fourth-order valence-corrected chi connectivity index (χ4v) is 1.57. The maximum Gasteiger partial charge on any atom is 0.272 e. The maximum absolute atomic E-state index is 11.6. The van der Waals surface area contributed by atoms with Gasteiger partial charge in [-0.1, -0.05) is 5.92 Å². The Labute approximate surface area is 99.0 Å². The number of thioether (sulfide) groups is 1. The summed E-state index contributed by atoms with van der Waals surface area (Å²) in [6.45, 7) is 0.557. The molecule has 0 atom stereocenters. The van der Waals surface area contributed by atoms with Crippen molar-refractivity contribution in [2.24, 2.45) is 0 Å². The summed E-state index contributed by atoms with van der Waals surface area (Å²) in [5, 5.41) is 2.73. The summed E-state index contributed by atoms with van der Waals surface area (Å²) in [7, 11) is 0. The molecule has 4 nitrogen and oxygen atoms in total. The highest BCUT2D eigenvalue weighted by atomic mass is 32.2. The Hall–Kier alpha value is -1.67. The number of carbonyl (C=O) groups excluding carboxylic acids is 1. The van der Waals surface area contributed by atoms with Gasteiger partial charge in [-0.3, -0.25) is 4.79 Å². The molecule has 0 fully saturated rings. The number of nitrogen functional groups attached to an aromatic ring is 1. The van der Waals surface area contributed by atoms with Gasteiger partial charge in [-0.15, -0.1) is 18.2 Å². The summed E-state index contributed by atoms with van der Waals surface area (Å²) < 4.78 is 0. The van der Waals surface area contributed by atoms with Crippen molar-refractivity contribution in [3.05, 3.63) is 24.0 Å². The lowest BCUT2D eigenvalue weighted by molar-refractivity contribution is 0.0952. The van der Waals surface area contributed by atoms with Crippen LogP contribution in [0.25, 0.3) is 0 Å². The normalized spacial score (nSPS) is 9.44. The van der Waals surface area contributed by atoms with Crippen LogP contribution < -0.4 is 11.1 Å². The predicted octanol–water partition coefficient (Wildman–Crippen LogP) is 0.760. The highest BCUT2D eigenvalue weighted by Gasteiger charge is 2.09. The van der Waals surface area contributed by atoms with Crippen LogP contribution in [-0.2, 0) is 0 Å². The average molecular weight is 235 g/mol. The van der Waals surface area contributed by atoms with Gasteiger partial charge in [-0.2, -0.15) is 0 Å². The van der Waals surface area contributed by atoms with Crippen LogP contribution in [0.4, 0.5) is 5.69 Å². The molecule has 0 aliphatic carbocycles. The van der Waals surface area contributed by atoms with E-state index in [4.69, 9.17) is 12.2 Å². The molecule has 1 heterocycles. The maximum atomic E-state index is 11.6. The molecule has 0 aliphatic rings. The summed E-state index contributed by atoms with van der Waals surface area (Å²) >= 11 is 1.59. The van der Waals surface area contributed by atoms with Gasteiger partial charge in [0, 0.05) is 18.5 Å². The molecule has 1 rings (SSSR count). The standard InChI is InChI=1S/C11H13N3OS/c1-2-7-16-8-6-14-11(15)10-9(12)4-3-5-13-10/h1,3-5H,6-8,12H2,(H,14,15). The van der Waals surface area contributed by atoms with Crippen molar-refractivity contribution in [3.63, 3.8) is 0 Å². The van der Waals surface area contributed by atoms with Crippen LogP contribution in [0.5, 0.6) is 0 Å². The number of carbonyl (C=O) groups is 1. The number of nitrogens with zero attached hydrogens (tertiary/aromatic N) is 1. The van der Waals surface area contributed by atoms with E-state index < -0.39 is 0 Å². The number of aromatic nitrogens is 1. The first kappa shape index (κ1) is 12.4. The molecule has 0 spiro atoms. The number of nitrogens with one attached hydrogen (secondary N) is 1. The molecule has 1 amide bonds. The van der Waals surface area contributed by atoms with Gasteiger partial charge in [0.05, 0.1) is 11.4 Å². The molecule has 0 saturated carbocycles. The Bertz CT molecular complexity index is 400. The van der Waals surface area contributed by atoms with E-state index in [-0.39, 0.29) is 11.6 Å². The highest BCUT2D eigenvalue weighted by Crippen LogP contribution is 2.06. The number of hydrogen-bond donors (Lipinski definition) is 2. The van der Waals surface area contributed by atoms with E-state index in [1.54, 1.807) is 30.1 Å². The van der Waals surface area contributed by atoms with E-state index in [9.17, 15) is 4.79 Å². The van der Waals surface area contributed by atoms with Gasteiger partial charge in [-0.25, -0.2) is 4.98 Å². The van der Waals surface area contributed by atoms with Gasteiger partial charge in [0.2, 0.25) is 0 Å². The second kappa shape index (κ2) is 6.75. The minimum Gasteiger partial charge on any atom is -0.397 e. The molecule has 0 aromatic carbocycles. The Morgan fingerprint density at radius 3 is 3.19 bits per heavy atom. The zero-order chi connectivity index (χ0) is 11.8. The lowest BCUT2D eigenvalue weighted by Gasteiger charge is -2.05. The van der Waals surface area contributed by atoms with E-state index in [1.165, 1.54) is 0 Å². The minimum absolute atomic E-state index is 0.251. The van der Waals surface area contributed by atoms with Crippen molar-refractivity contribution < 1.29 is 4.79 Å². The fraction of sp³-hybridized carbons (Fsp3) is 0.273. The first-order valence-corrected chi connectivity index (χ1v) is 5.91. The molecular weight excluding hydrogens is 222 g/mol. The van der Waals surface area contributed by atoms with Crippen molar-refractivity contribution >= 4 is 23.4 Å². The van der Waals surface area contributed by atoms with E-state index in [0.29, 0.717) is 18.0 Å². The Kier molecular flexibility index (Phi) is 5.23. The molecule has 0 bridgehead atoms. The Morgan fingerprint density at radius 1 is 1.69 bits per heavy atom. The number of pyridine rings is 1. The Morgan fingerprint density at radius 2 is 2.50 bits per heavy atom. The molecular formula is C11H13N3OS. The van der Waals surface area contributed by atoms with E-state index in [2.05, 4.69) is 16.2 Å². The van der Waals surface area contributed by atoms with Crippen molar-refractivity contribution in [2.75, 3.05) is 23.8 Å². The van der Waals surface area contributed by atoms with Gasteiger partial charge >= 0.3 is 0 Å². The second-order valence-electron chi connectivity index (χ2n) is 2.95. The summed E-state index contributed by atoms with van der Waals surface area (Å²) in [4.78, 5) is 15.5. The monoisotopic (exact) mass is 235 g/mol. The van der Waals surface area contributed by atoms with Crippen molar-refractivity contribution in [2.45, 2.75) is 0 Å². The third-order valence-corrected chi connectivity index (χ3v) is 2.63. The number of terminal acetylenes is 1. The lowest BCUT2D eigenvalue weighted by Crippen LogP contribution is -2.27. The van der Waals surface area contributed by atoms with Crippen molar-refractivity contribution in [1.82, 2.24) is 10.3 Å². The van der Waals surface area contributed by atoms with E-state index in [1.807, 2.05) is 0 Å². The van der Waals surface area contributed by atoms with Gasteiger partial charge in [0.15, 0.2) is 5.69 Å². The van der Waals surface area contributed by atoms with Gasteiger partial charge in [-0.05, 0) is 12.1 Å². The van der Waals surface area contributed by atoms with Gasteiger partial charge in [0.1, 0.15) is 0 Å². The SMILES string of the molecule is C#CCSCCNC(=O)c1ncccc1N. The van der Waals surface area contributed by atoms with Crippen LogP contribution in [-0.4, -0.2) is 28.9 Å². The molecule has 0 aliphatic heterocycles. The number of amides is 1. The average Bonchev–Trinajstić information content (AvgIpc) is 2.29. The molecule has 0 saturated heterocycles. The van der Waals surface area contributed by atoms with Crippen LogP contribution in [0.3, 0.4) is 0 Å². The highest BCUT2D eigenvalue weighted by molar-refractivity contribution is 7.99. The molecule has 1 aromatic rings. The number of nitrogens with two attached hydrogens (primary N) is 1. The summed E-state index contributed by atoms with van der Waals surface area (Å²) in [6, 6.07) is 3.34. The molecule has 3 N–H and O–H groups in total. The number of hydrogen-bond acceptors (Lipinski definition) is 4. The largest absolute Gasteiger partial charge is 0.397 e. The zero-order valence-corrected chi connectivity index (χ0v) is 9.59. The number of rotatable bonds is 5. The topological polar surface area (TPSA) is 68.0 Å². The van der Waals surface area contributed by atoms with Crippen molar-refractivity contribution in [3.8, 4) is 12.3 Å². The minimum atomic E-state index is -0.251. The van der Waals surface area contributed by atoms with Crippen LogP contribution in [0.15, 0.2) is 18.3 Å². The molecule has 0 unspecified atom stereocenters. The molecule has 84 valence electrons. The quantitative estimate of drug-likeness (QED) is 0.584. The zero-order valence-electron chi connectivity index (χ0n) is 8.77. The van der Waals surface area contributed by atoms with E-state index in [0.717, 1.165) is 5.75 Å². The molecule has 1 aromatic heterocycles. The van der Waals surface area contributed by atoms with Gasteiger partial charge in [0.25, 0.3) is 5.91 Å². The third-order valence-electron chi connectivity index (χ3n) is 1.77. The molecule has 0 radical (unpaired) electrons. The van der Waals surface area contributed by atoms with Crippen LogP contribution in [0.1, 0.15) is 10.5 Å². The summed E-state index contributed by atoms with van der Waals surface area (Å²) in [5.41, 5.74) is 6.27. The van der Waals surface area contributed by atoms with Crippen LogP contribution >= 0.6 is 11.8 Å². The second-order valence-corrected chi connectivity index (χ2v) is 4.06. The van der Waals surface area contributed by atoms with Crippen LogP contribution in [0.2, 0.25) is 0 Å². The molecule has 16 heavy (non-hydrogen) atoms. The summed E-state index contributed by atoms with van der Waals surface area (Å²) in [6.07, 6.45) is 6.64. The fourth-order valence-electron chi connectivity index (χ4n) is 1.06. The number of anilines is 1. The third kappa shape index (κ3) is 3.83. The summed E-state index contributed by atoms with van der Waals surface area (Å²) in [5.74, 6) is 3.70. The van der Waals surface area contributed by atoms with Crippen molar-refractivity contribution in [1.29, 1.82) is 0 Å². The van der Waals surface area contributed by atoms with Crippen LogP contribution in [0, 0.1) is 12.3 Å². The molecule has 5 heteroatoms. The smallest absolute Gasteiger partial charge is 0.272 e.